The minimum atomic E-state index is -0.508. The molecule has 1 atom stereocenters. The fourth-order valence-corrected chi connectivity index (χ4v) is 1.65. The number of nitrogens with zero attached hydrogens (tertiary/aromatic N) is 1. The van der Waals surface area contributed by atoms with E-state index in [2.05, 4.69) is 4.99 Å². The van der Waals surface area contributed by atoms with Crippen LogP contribution < -0.4 is 0 Å². The van der Waals surface area contributed by atoms with Crippen molar-refractivity contribution >= 4 is 11.9 Å². The average Bonchev–Trinajstić information content (AvgIpc) is 2.87. The van der Waals surface area contributed by atoms with Crippen molar-refractivity contribution in [1.82, 2.24) is 0 Å². The van der Waals surface area contributed by atoms with Gasteiger partial charge in [0.15, 0.2) is 11.9 Å². The Morgan fingerprint density at radius 1 is 1.44 bits per heavy atom. The minimum Gasteiger partial charge on any atom is -0.478 e. The van der Waals surface area contributed by atoms with Gasteiger partial charge in [-0.3, -0.25) is 0 Å². The van der Waals surface area contributed by atoms with Crippen LogP contribution in [0.25, 0.3) is 0 Å². The zero-order valence-corrected chi connectivity index (χ0v) is 10.6. The van der Waals surface area contributed by atoms with Gasteiger partial charge >= 0.3 is 5.97 Å². The summed E-state index contributed by atoms with van der Waals surface area (Å²) in [4.78, 5) is 16.0. The van der Waals surface area contributed by atoms with E-state index in [0.29, 0.717) is 12.5 Å². The van der Waals surface area contributed by atoms with Gasteiger partial charge in [-0.05, 0) is 5.56 Å². The standard InChI is InChI=1S/C14H17NO3/c1-10(2)13-15-12(9-17-13)14(16)18-8-11-6-4-3-5-7-11/h3-7,10,12H,8-9H2,1-2H3. The molecule has 0 fully saturated rings. The highest BCUT2D eigenvalue weighted by Gasteiger charge is 2.28. The van der Waals surface area contributed by atoms with Gasteiger partial charge in [0.1, 0.15) is 13.2 Å². The van der Waals surface area contributed by atoms with Crippen LogP contribution in [0.15, 0.2) is 35.3 Å². The molecular weight excluding hydrogens is 230 g/mol. The van der Waals surface area contributed by atoms with Gasteiger partial charge in [-0.25, -0.2) is 9.79 Å². The van der Waals surface area contributed by atoms with Crippen molar-refractivity contribution in [1.29, 1.82) is 0 Å². The molecule has 0 bridgehead atoms. The fourth-order valence-electron chi connectivity index (χ4n) is 1.65. The van der Waals surface area contributed by atoms with Gasteiger partial charge in [-0.2, -0.15) is 0 Å². The topological polar surface area (TPSA) is 47.9 Å². The summed E-state index contributed by atoms with van der Waals surface area (Å²) in [5.41, 5.74) is 0.970. The van der Waals surface area contributed by atoms with Gasteiger partial charge in [-0.15, -0.1) is 0 Å². The maximum atomic E-state index is 11.8. The first-order valence-corrected chi connectivity index (χ1v) is 6.08. The fraction of sp³-hybridized carbons (Fsp3) is 0.429. The highest BCUT2D eigenvalue weighted by atomic mass is 16.5. The minimum absolute atomic E-state index is 0.205. The summed E-state index contributed by atoms with van der Waals surface area (Å²) in [7, 11) is 0. The summed E-state index contributed by atoms with van der Waals surface area (Å²) in [6, 6.07) is 9.08. The first-order valence-electron chi connectivity index (χ1n) is 6.08. The lowest BCUT2D eigenvalue weighted by atomic mass is 10.2. The molecular formula is C14H17NO3. The molecule has 0 radical (unpaired) electrons. The van der Waals surface area contributed by atoms with Gasteiger partial charge in [0, 0.05) is 5.92 Å². The number of benzene rings is 1. The number of esters is 1. The Bertz CT molecular complexity index is 440. The Morgan fingerprint density at radius 2 is 2.17 bits per heavy atom. The molecule has 0 saturated heterocycles. The smallest absolute Gasteiger partial charge is 0.334 e. The Balaban J connectivity index is 1.86. The lowest BCUT2D eigenvalue weighted by Gasteiger charge is -2.06. The van der Waals surface area contributed by atoms with Gasteiger partial charge in [0.2, 0.25) is 0 Å². The summed E-state index contributed by atoms with van der Waals surface area (Å²) in [5, 5.41) is 0. The highest BCUT2D eigenvalue weighted by Crippen LogP contribution is 2.13. The van der Waals surface area contributed by atoms with Crippen LogP contribution in [-0.2, 0) is 20.9 Å². The van der Waals surface area contributed by atoms with Gasteiger partial charge in [0.05, 0.1) is 0 Å². The number of rotatable bonds is 4. The van der Waals surface area contributed by atoms with Crippen LogP contribution in [0.3, 0.4) is 0 Å². The summed E-state index contributed by atoms with van der Waals surface area (Å²) < 4.78 is 10.6. The third-order valence-electron chi connectivity index (χ3n) is 2.66. The van der Waals surface area contributed by atoms with E-state index in [1.165, 1.54) is 0 Å². The third kappa shape index (κ3) is 3.09. The average molecular weight is 247 g/mol. The number of ether oxygens (including phenoxy) is 2. The molecule has 4 nitrogen and oxygen atoms in total. The molecule has 18 heavy (non-hydrogen) atoms. The van der Waals surface area contributed by atoms with Crippen LogP contribution in [0.1, 0.15) is 19.4 Å². The molecule has 1 unspecified atom stereocenters. The van der Waals surface area contributed by atoms with E-state index < -0.39 is 6.04 Å². The molecule has 1 aliphatic rings. The molecule has 0 aromatic heterocycles. The van der Waals surface area contributed by atoms with Crippen LogP contribution in [0.2, 0.25) is 0 Å². The number of hydrogen-bond donors (Lipinski definition) is 0. The van der Waals surface area contributed by atoms with Gasteiger partial charge in [0.25, 0.3) is 0 Å². The summed E-state index contributed by atoms with van der Waals surface area (Å²) in [5.74, 6) is 0.517. The summed E-state index contributed by atoms with van der Waals surface area (Å²) in [6.45, 7) is 4.54. The van der Waals surface area contributed by atoms with E-state index in [4.69, 9.17) is 9.47 Å². The zero-order valence-electron chi connectivity index (χ0n) is 10.6. The number of aliphatic imine (C=N–C) groups is 1. The van der Waals surface area contributed by atoms with E-state index in [1.807, 2.05) is 44.2 Å². The second-order valence-electron chi connectivity index (χ2n) is 4.54. The van der Waals surface area contributed by atoms with Crippen molar-refractivity contribution in [3.63, 3.8) is 0 Å². The molecule has 96 valence electrons. The molecule has 0 spiro atoms. The molecule has 2 rings (SSSR count). The first-order chi connectivity index (χ1) is 8.66. The van der Waals surface area contributed by atoms with Gasteiger partial charge < -0.3 is 9.47 Å². The van der Waals surface area contributed by atoms with Crippen LogP contribution in [0, 0.1) is 5.92 Å². The van der Waals surface area contributed by atoms with Crippen molar-refractivity contribution in [3.05, 3.63) is 35.9 Å². The van der Waals surface area contributed by atoms with Crippen molar-refractivity contribution in [3.8, 4) is 0 Å². The van der Waals surface area contributed by atoms with E-state index in [9.17, 15) is 4.79 Å². The monoisotopic (exact) mass is 247 g/mol. The van der Waals surface area contributed by atoms with Crippen molar-refractivity contribution in [2.75, 3.05) is 6.61 Å². The molecule has 0 aliphatic carbocycles. The summed E-state index contributed by atoms with van der Waals surface area (Å²) in [6.07, 6.45) is 0. The first kappa shape index (κ1) is 12.6. The molecule has 1 aromatic rings. The molecule has 0 saturated carbocycles. The second kappa shape index (κ2) is 5.67. The highest BCUT2D eigenvalue weighted by molar-refractivity contribution is 5.86. The molecule has 1 heterocycles. The quantitative estimate of drug-likeness (QED) is 0.766. The van der Waals surface area contributed by atoms with Gasteiger partial charge in [-0.1, -0.05) is 44.2 Å². The summed E-state index contributed by atoms with van der Waals surface area (Å²) >= 11 is 0. The van der Waals surface area contributed by atoms with Crippen LogP contribution in [-0.4, -0.2) is 24.5 Å². The predicted molar refractivity (Wildman–Crippen MR) is 68.3 cm³/mol. The van der Waals surface area contributed by atoms with Crippen molar-refractivity contribution in [2.45, 2.75) is 26.5 Å². The third-order valence-corrected chi connectivity index (χ3v) is 2.66. The maximum absolute atomic E-state index is 11.8. The molecule has 0 N–H and O–H groups in total. The van der Waals surface area contributed by atoms with E-state index in [1.54, 1.807) is 0 Å². The van der Waals surface area contributed by atoms with Crippen LogP contribution in [0.5, 0.6) is 0 Å². The van der Waals surface area contributed by atoms with Crippen molar-refractivity contribution < 1.29 is 14.3 Å². The lowest BCUT2D eigenvalue weighted by molar-refractivity contribution is -0.146. The second-order valence-corrected chi connectivity index (χ2v) is 4.54. The molecule has 4 heteroatoms. The van der Waals surface area contributed by atoms with E-state index >= 15 is 0 Å². The van der Waals surface area contributed by atoms with E-state index in [0.717, 1.165) is 5.56 Å². The predicted octanol–water partition coefficient (Wildman–Crippen LogP) is 2.18. The van der Waals surface area contributed by atoms with Crippen LogP contribution >= 0.6 is 0 Å². The number of carbonyl (C=O) groups is 1. The van der Waals surface area contributed by atoms with E-state index in [-0.39, 0.29) is 18.5 Å². The SMILES string of the molecule is CC(C)C1=NC(C(=O)OCc2ccccc2)CO1. The Labute approximate surface area is 107 Å². The molecule has 0 amide bonds. The maximum Gasteiger partial charge on any atom is 0.334 e. The molecule has 1 aromatic carbocycles. The number of hydrogen-bond acceptors (Lipinski definition) is 4. The Morgan fingerprint density at radius 3 is 2.78 bits per heavy atom. The van der Waals surface area contributed by atoms with Crippen LogP contribution in [0.4, 0.5) is 0 Å². The lowest BCUT2D eigenvalue weighted by Crippen LogP contribution is -2.22. The Hall–Kier alpha value is -1.84. The van der Waals surface area contributed by atoms with Crippen molar-refractivity contribution in [2.24, 2.45) is 10.9 Å². The number of carbonyl (C=O) groups excluding carboxylic acids is 1. The Kier molecular flexibility index (Phi) is 3.97. The largest absolute Gasteiger partial charge is 0.478 e. The zero-order chi connectivity index (χ0) is 13.0. The molecule has 1 aliphatic heterocycles. The normalized spacial score (nSPS) is 18.4.